The summed E-state index contributed by atoms with van der Waals surface area (Å²) in [5.41, 5.74) is 0.916. The fraction of sp³-hybridized carbons (Fsp3) is 0.571. The number of benzene rings is 1. The van der Waals surface area contributed by atoms with Gasteiger partial charge in [0.15, 0.2) is 11.6 Å². The molecule has 0 spiro atoms. The zero-order valence-electron chi connectivity index (χ0n) is 10.3. The molecule has 0 radical (unpaired) electrons. The summed E-state index contributed by atoms with van der Waals surface area (Å²) in [5.74, 6) is -0.870. The molecule has 17 heavy (non-hydrogen) atoms. The molecule has 1 saturated heterocycles. The van der Waals surface area contributed by atoms with Crippen molar-refractivity contribution in [2.24, 2.45) is 5.92 Å². The van der Waals surface area contributed by atoms with Gasteiger partial charge in [-0.2, -0.15) is 0 Å². The van der Waals surface area contributed by atoms with Gasteiger partial charge >= 0.3 is 0 Å². The molecular formula is C14H19F2N. The molecule has 1 nitrogen and oxygen atoms in total. The van der Waals surface area contributed by atoms with Crippen LogP contribution in [0.2, 0.25) is 0 Å². The Morgan fingerprint density at radius 1 is 1.18 bits per heavy atom. The standard InChI is InChI=1S/C14H19F2N/c1-2-17-7-5-11(6-8-17)9-12-3-4-13(15)14(16)10-12/h3-4,10-11H,2,5-9H2,1H3. The second-order valence-electron chi connectivity index (χ2n) is 4.83. The third-order valence-electron chi connectivity index (χ3n) is 3.66. The summed E-state index contributed by atoms with van der Waals surface area (Å²) in [5, 5.41) is 0. The van der Waals surface area contributed by atoms with Crippen molar-refractivity contribution in [3.05, 3.63) is 35.4 Å². The SMILES string of the molecule is CCN1CCC(Cc2ccc(F)c(F)c2)CC1. The molecule has 3 heteroatoms. The van der Waals surface area contributed by atoms with E-state index >= 15 is 0 Å². The second-order valence-corrected chi connectivity index (χ2v) is 4.83. The summed E-state index contributed by atoms with van der Waals surface area (Å²) in [4.78, 5) is 2.43. The molecular weight excluding hydrogens is 220 g/mol. The van der Waals surface area contributed by atoms with Crippen LogP contribution in [0.5, 0.6) is 0 Å². The van der Waals surface area contributed by atoms with E-state index in [-0.39, 0.29) is 0 Å². The largest absolute Gasteiger partial charge is 0.304 e. The Balaban J connectivity index is 1.91. The highest BCUT2D eigenvalue weighted by molar-refractivity contribution is 5.18. The van der Waals surface area contributed by atoms with E-state index in [1.165, 1.54) is 12.1 Å². The Morgan fingerprint density at radius 3 is 2.47 bits per heavy atom. The lowest BCUT2D eigenvalue weighted by Gasteiger charge is -2.31. The average molecular weight is 239 g/mol. The minimum Gasteiger partial charge on any atom is -0.304 e. The fourth-order valence-corrected chi connectivity index (χ4v) is 2.51. The molecule has 1 aromatic rings. The van der Waals surface area contributed by atoms with E-state index < -0.39 is 11.6 Å². The Hall–Kier alpha value is -0.960. The van der Waals surface area contributed by atoms with Crippen LogP contribution < -0.4 is 0 Å². The first-order valence-corrected chi connectivity index (χ1v) is 6.35. The highest BCUT2D eigenvalue weighted by Crippen LogP contribution is 2.22. The van der Waals surface area contributed by atoms with Crippen molar-refractivity contribution >= 4 is 0 Å². The molecule has 1 heterocycles. The van der Waals surface area contributed by atoms with Crippen LogP contribution in [0.1, 0.15) is 25.3 Å². The zero-order chi connectivity index (χ0) is 12.3. The van der Waals surface area contributed by atoms with Crippen molar-refractivity contribution < 1.29 is 8.78 Å². The second kappa shape index (κ2) is 5.58. The van der Waals surface area contributed by atoms with Crippen molar-refractivity contribution in [2.45, 2.75) is 26.2 Å². The summed E-state index contributed by atoms with van der Waals surface area (Å²) in [7, 11) is 0. The third-order valence-corrected chi connectivity index (χ3v) is 3.66. The Kier molecular flexibility index (Phi) is 4.11. The van der Waals surface area contributed by atoms with Crippen LogP contribution in [0.25, 0.3) is 0 Å². The fourth-order valence-electron chi connectivity index (χ4n) is 2.51. The number of rotatable bonds is 3. The molecule has 1 aromatic carbocycles. The van der Waals surface area contributed by atoms with E-state index in [4.69, 9.17) is 0 Å². The maximum absolute atomic E-state index is 13.1. The minimum absolute atomic E-state index is 0.614. The number of hydrogen-bond donors (Lipinski definition) is 0. The molecule has 1 aliphatic rings. The minimum atomic E-state index is -0.755. The Morgan fingerprint density at radius 2 is 1.88 bits per heavy atom. The van der Waals surface area contributed by atoms with E-state index in [2.05, 4.69) is 11.8 Å². The van der Waals surface area contributed by atoms with Gasteiger partial charge in [-0.3, -0.25) is 0 Å². The predicted octanol–water partition coefficient (Wildman–Crippen LogP) is 3.24. The van der Waals surface area contributed by atoms with E-state index in [9.17, 15) is 8.78 Å². The van der Waals surface area contributed by atoms with Crippen LogP contribution in [0.4, 0.5) is 8.78 Å². The van der Waals surface area contributed by atoms with E-state index in [1.54, 1.807) is 6.07 Å². The molecule has 0 aromatic heterocycles. The van der Waals surface area contributed by atoms with Crippen molar-refractivity contribution in [3.8, 4) is 0 Å². The third kappa shape index (κ3) is 3.25. The smallest absolute Gasteiger partial charge is 0.159 e. The Labute approximate surface area is 101 Å². The molecule has 1 aliphatic heterocycles. The van der Waals surface area contributed by atoms with Gasteiger partial charge < -0.3 is 4.90 Å². The molecule has 0 saturated carbocycles. The first kappa shape index (κ1) is 12.5. The van der Waals surface area contributed by atoms with Crippen molar-refractivity contribution in [3.63, 3.8) is 0 Å². The monoisotopic (exact) mass is 239 g/mol. The molecule has 0 atom stereocenters. The van der Waals surface area contributed by atoms with Crippen LogP contribution in [0, 0.1) is 17.6 Å². The average Bonchev–Trinajstić information content (AvgIpc) is 2.35. The summed E-state index contributed by atoms with van der Waals surface area (Å²) in [6.45, 7) is 5.54. The van der Waals surface area contributed by atoms with Gasteiger partial charge in [0.2, 0.25) is 0 Å². The molecule has 1 fully saturated rings. The quantitative estimate of drug-likeness (QED) is 0.782. The van der Waals surface area contributed by atoms with Gasteiger partial charge in [-0.25, -0.2) is 8.78 Å². The highest BCUT2D eigenvalue weighted by Gasteiger charge is 2.18. The summed E-state index contributed by atoms with van der Waals surface area (Å²) in [6, 6.07) is 4.26. The van der Waals surface area contributed by atoms with Gasteiger partial charge in [0, 0.05) is 0 Å². The van der Waals surface area contributed by atoms with Gasteiger partial charge in [-0.05, 0) is 62.5 Å². The number of likely N-dealkylation sites (tertiary alicyclic amines) is 1. The van der Waals surface area contributed by atoms with Gasteiger partial charge in [0.1, 0.15) is 0 Å². The van der Waals surface area contributed by atoms with Crippen LogP contribution >= 0.6 is 0 Å². The normalized spacial score (nSPS) is 18.5. The molecule has 2 rings (SSSR count). The number of nitrogens with zero attached hydrogens (tertiary/aromatic N) is 1. The van der Waals surface area contributed by atoms with Crippen LogP contribution in [0.15, 0.2) is 18.2 Å². The molecule has 0 bridgehead atoms. The van der Waals surface area contributed by atoms with Gasteiger partial charge in [0.25, 0.3) is 0 Å². The predicted molar refractivity (Wildman–Crippen MR) is 64.9 cm³/mol. The van der Waals surface area contributed by atoms with Crippen LogP contribution in [0.3, 0.4) is 0 Å². The van der Waals surface area contributed by atoms with Crippen LogP contribution in [-0.4, -0.2) is 24.5 Å². The molecule has 0 amide bonds. The van der Waals surface area contributed by atoms with Gasteiger partial charge in [-0.1, -0.05) is 13.0 Å². The number of hydrogen-bond acceptors (Lipinski definition) is 1. The van der Waals surface area contributed by atoms with Crippen molar-refractivity contribution in [1.29, 1.82) is 0 Å². The lowest BCUT2D eigenvalue weighted by atomic mass is 9.90. The first-order valence-electron chi connectivity index (χ1n) is 6.35. The van der Waals surface area contributed by atoms with Crippen molar-refractivity contribution in [1.82, 2.24) is 4.90 Å². The summed E-state index contributed by atoms with van der Waals surface area (Å²) >= 11 is 0. The van der Waals surface area contributed by atoms with E-state index in [1.807, 2.05) is 0 Å². The highest BCUT2D eigenvalue weighted by atomic mass is 19.2. The zero-order valence-corrected chi connectivity index (χ0v) is 10.3. The summed E-state index contributed by atoms with van der Waals surface area (Å²) in [6.07, 6.45) is 3.19. The molecule has 0 N–H and O–H groups in total. The Bertz CT molecular complexity index is 370. The topological polar surface area (TPSA) is 3.24 Å². The lowest BCUT2D eigenvalue weighted by molar-refractivity contribution is 0.192. The van der Waals surface area contributed by atoms with Gasteiger partial charge in [-0.15, -0.1) is 0 Å². The molecule has 0 aliphatic carbocycles. The van der Waals surface area contributed by atoms with Crippen LogP contribution in [-0.2, 0) is 6.42 Å². The maximum Gasteiger partial charge on any atom is 0.159 e. The van der Waals surface area contributed by atoms with Crippen molar-refractivity contribution in [2.75, 3.05) is 19.6 Å². The van der Waals surface area contributed by atoms with E-state index in [0.717, 1.165) is 44.5 Å². The maximum atomic E-state index is 13.1. The molecule has 94 valence electrons. The lowest BCUT2D eigenvalue weighted by Crippen LogP contribution is -2.34. The van der Waals surface area contributed by atoms with Gasteiger partial charge in [0.05, 0.1) is 0 Å². The summed E-state index contributed by atoms with van der Waals surface area (Å²) < 4.78 is 25.9. The number of piperidine rings is 1. The first-order chi connectivity index (χ1) is 8.19. The molecule has 0 unspecified atom stereocenters. The van der Waals surface area contributed by atoms with E-state index in [0.29, 0.717) is 5.92 Å². The number of halogens is 2.